The molecule has 3 nitrogen and oxygen atoms in total. The van der Waals surface area contributed by atoms with E-state index in [1.54, 1.807) is 12.5 Å². The third-order valence-corrected chi connectivity index (χ3v) is 2.19. The number of aryl methyl sites for hydroxylation is 2. The molecule has 0 saturated heterocycles. The first-order valence-corrected chi connectivity index (χ1v) is 4.50. The van der Waals surface area contributed by atoms with Crippen molar-refractivity contribution in [3.05, 3.63) is 42.5 Å². The van der Waals surface area contributed by atoms with Crippen LogP contribution in [0, 0.1) is 6.92 Å². The molecule has 0 aliphatic rings. The third kappa shape index (κ3) is 1.48. The summed E-state index contributed by atoms with van der Waals surface area (Å²) in [6.07, 6.45) is 5.37. The Morgan fingerprint density at radius 3 is 2.79 bits per heavy atom. The lowest BCUT2D eigenvalue weighted by atomic mass is 10.1. The first-order valence-electron chi connectivity index (χ1n) is 4.50. The molecule has 0 fully saturated rings. The van der Waals surface area contributed by atoms with Crippen molar-refractivity contribution < 1.29 is 4.57 Å². The van der Waals surface area contributed by atoms with Gasteiger partial charge in [-0.25, -0.2) is 4.57 Å². The van der Waals surface area contributed by atoms with Crippen molar-refractivity contribution in [3.63, 3.8) is 0 Å². The topological polar surface area (TPSA) is 29.7 Å². The van der Waals surface area contributed by atoms with E-state index in [4.69, 9.17) is 0 Å². The van der Waals surface area contributed by atoms with Crippen molar-refractivity contribution in [2.75, 3.05) is 0 Å². The van der Waals surface area contributed by atoms with Gasteiger partial charge >= 0.3 is 0 Å². The largest absolute Gasteiger partial charge is 0.286 e. The van der Waals surface area contributed by atoms with Gasteiger partial charge in [-0.1, -0.05) is 11.1 Å². The Hall–Kier alpha value is -1.77. The predicted molar refractivity (Wildman–Crippen MR) is 53.4 cm³/mol. The quantitative estimate of drug-likeness (QED) is 0.628. The minimum Gasteiger partial charge on any atom is -0.252 e. The van der Waals surface area contributed by atoms with E-state index in [-0.39, 0.29) is 0 Å². The Bertz CT molecular complexity index is 408. The van der Waals surface area contributed by atoms with Gasteiger partial charge in [0.15, 0.2) is 5.69 Å². The molecular formula is C11H12N3+. The van der Waals surface area contributed by atoms with Crippen LogP contribution in [-0.2, 0) is 7.05 Å². The van der Waals surface area contributed by atoms with Crippen LogP contribution in [0.15, 0.2) is 36.9 Å². The normalized spacial score (nSPS) is 10.1. The van der Waals surface area contributed by atoms with E-state index in [1.165, 1.54) is 5.56 Å². The van der Waals surface area contributed by atoms with E-state index in [0.717, 1.165) is 11.4 Å². The summed E-state index contributed by atoms with van der Waals surface area (Å²) in [6.45, 7) is 2.06. The van der Waals surface area contributed by atoms with E-state index < -0.39 is 0 Å². The average Bonchev–Trinajstić information content (AvgIpc) is 2.20. The van der Waals surface area contributed by atoms with E-state index in [2.05, 4.69) is 23.0 Å². The molecule has 0 aliphatic heterocycles. The molecule has 2 aromatic heterocycles. The fourth-order valence-corrected chi connectivity index (χ4v) is 1.43. The van der Waals surface area contributed by atoms with Gasteiger partial charge in [-0.3, -0.25) is 4.98 Å². The maximum Gasteiger partial charge on any atom is 0.286 e. The van der Waals surface area contributed by atoms with Crippen LogP contribution in [0.25, 0.3) is 11.4 Å². The molecule has 14 heavy (non-hydrogen) atoms. The molecule has 0 aromatic carbocycles. The van der Waals surface area contributed by atoms with Gasteiger partial charge in [0.2, 0.25) is 0 Å². The molecular weight excluding hydrogens is 174 g/mol. The van der Waals surface area contributed by atoms with Crippen LogP contribution < -0.4 is 4.57 Å². The zero-order valence-corrected chi connectivity index (χ0v) is 8.31. The minimum atomic E-state index is 1.01. The second-order valence-corrected chi connectivity index (χ2v) is 3.25. The summed E-state index contributed by atoms with van der Waals surface area (Å²) in [6, 6.07) is 5.97. The fraction of sp³-hybridized carbons (Fsp3) is 0.182. The maximum absolute atomic E-state index is 4.36. The maximum atomic E-state index is 4.36. The highest BCUT2D eigenvalue weighted by atomic mass is 15.0. The SMILES string of the molecule is Cc1cccnc1-c1ccnc[n+]1C. The van der Waals surface area contributed by atoms with Gasteiger partial charge in [-0.15, -0.1) is 0 Å². The highest BCUT2D eigenvalue weighted by Crippen LogP contribution is 2.14. The highest BCUT2D eigenvalue weighted by molar-refractivity contribution is 5.54. The first-order chi connectivity index (χ1) is 6.79. The number of rotatable bonds is 1. The fourth-order valence-electron chi connectivity index (χ4n) is 1.43. The molecule has 0 N–H and O–H groups in total. The van der Waals surface area contributed by atoms with Gasteiger partial charge in [0, 0.05) is 12.3 Å². The Kier molecular flexibility index (Phi) is 2.23. The van der Waals surface area contributed by atoms with E-state index >= 15 is 0 Å². The van der Waals surface area contributed by atoms with Crippen LogP contribution in [0.5, 0.6) is 0 Å². The Morgan fingerprint density at radius 1 is 1.21 bits per heavy atom. The number of hydrogen-bond donors (Lipinski definition) is 0. The van der Waals surface area contributed by atoms with Crippen LogP contribution in [0.2, 0.25) is 0 Å². The van der Waals surface area contributed by atoms with E-state index in [9.17, 15) is 0 Å². The zero-order valence-electron chi connectivity index (χ0n) is 8.31. The molecule has 2 rings (SSSR count). The molecule has 0 unspecified atom stereocenters. The lowest BCUT2D eigenvalue weighted by Gasteiger charge is -2.03. The Labute approximate surface area is 83.1 Å². The van der Waals surface area contributed by atoms with Crippen molar-refractivity contribution >= 4 is 0 Å². The molecule has 0 radical (unpaired) electrons. The summed E-state index contributed by atoms with van der Waals surface area (Å²) in [5.41, 5.74) is 3.27. The van der Waals surface area contributed by atoms with Gasteiger partial charge in [-0.05, 0) is 18.6 Å². The highest BCUT2D eigenvalue weighted by Gasteiger charge is 2.09. The van der Waals surface area contributed by atoms with Crippen LogP contribution in [-0.4, -0.2) is 9.97 Å². The smallest absolute Gasteiger partial charge is 0.252 e. The standard InChI is InChI=1S/C11H12N3/c1-9-4-3-6-13-11(9)10-5-7-12-8-14(10)2/h3-8H,1-2H3/q+1. The van der Waals surface area contributed by atoms with Crippen molar-refractivity contribution in [2.45, 2.75) is 6.92 Å². The van der Waals surface area contributed by atoms with Crippen LogP contribution in [0.1, 0.15) is 5.56 Å². The molecule has 0 spiro atoms. The molecule has 70 valence electrons. The van der Waals surface area contributed by atoms with Gasteiger partial charge in [0.05, 0.1) is 7.05 Å². The Morgan fingerprint density at radius 2 is 2.07 bits per heavy atom. The monoisotopic (exact) mass is 186 g/mol. The molecule has 3 heteroatoms. The van der Waals surface area contributed by atoms with Crippen molar-refractivity contribution in [1.82, 2.24) is 9.97 Å². The van der Waals surface area contributed by atoms with Gasteiger partial charge in [0.1, 0.15) is 11.9 Å². The number of hydrogen-bond acceptors (Lipinski definition) is 2. The summed E-state index contributed by atoms with van der Waals surface area (Å²) >= 11 is 0. The number of nitrogens with zero attached hydrogens (tertiary/aromatic N) is 3. The zero-order chi connectivity index (χ0) is 9.97. The minimum absolute atomic E-state index is 1.01. The second kappa shape index (κ2) is 3.54. The summed E-state index contributed by atoms with van der Waals surface area (Å²) in [5.74, 6) is 0. The number of pyridine rings is 1. The third-order valence-electron chi connectivity index (χ3n) is 2.19. The molecule has 0 amide bonds. The van der Waals surface area contributed by atoms with Crippen molar-refractivity contribution in [1.29, 1.82) is 0 Å². The molecule has 2 heterocycles. The molecule has 0 bridgehead atoms. The van der Waals surface area contributed by atoms with E-state index in [0.29, 0.717) is 0 Å². The summed E-state index contributed by atoms with van der Waals surface area (Å²) in [4.78, 5) is 8.40. The van der Waals surface area contributed by atoms with Gasteiger partial charge in [-0.2, -0.15) is 0 Å². The number of aromatic nitrogens is 3. The lowest BCUT2D eigenvalue weighted by molar-refractivity contribution is -0.663. The summed E-state index contributed by atoms with van der Waals surface area (Å²) in [5, 5.41) is 0. The lowest BCUT2D eigenvalue weighted by Crippen LogP contribution is -2.31. The van der Waals surface area contributed by atoms with Crippen LogP contribution in [0.4, 0.5) is 0 Å². The predicted octanol–water partition coefficient (Wildman–Crippen LogP) is 1.28. The molecule has 0 saturated carbocycles. The van der Waals surface area contributed by atoms with Crippen molar-refractivity contribution in [3.8, 4) is 11.4 Å². The first kappa shape index (κ1) is 8.81. The van der Waals surface area contributed by atoms with Gasteiger partial charge < -0.3 is 0 Å². The summed E-state index contributed by atoms with van der Waals surface area (Å²) < 4.78 is 1.97. The van der Waals surface area contributed by atoms with Crippen LogP contribution >= 0.6 is 0 Å². The van der Waals surface area contributed by atoms with E-state index in [1.807, 2.05) is 29.9 Å². The second-order valence-electron chi connectivity index (χ2n) is 3.25. The summed E-state index contributed by atoms with van der Waals surface area (Å²) in [7, 11) is 1.97. The Balaban J connectivity index is 2.61. The van der Waals surface area contributed by atoms with Gasteiger partial charge in [0.25, 0.3) is 6.33 Å². The molecule has 0 atom stereocenters. The molecule has 2 aromatic rings. The van der Waals surface area contributed by atoms with Crippen molar-refractivity contribution in [2.24, 2.45) is 7.05 Å². The molecule has 0 aliphatic carbocycles. The van der Waals surface area contributed by atoms with Crippen LogP contribution in [0.3, 0.4) is 0 Å². The average molecular weight is 186 g/mol.